The van der Waals surface area contributed by atoms with Crippen LogP contribution in [0.3, 0.4) is 0 Å². The van der Waals surface area contributed by atoms with Gasteiger partial charge in [0.2, 0.25) is 0 Å². The highest BCUT2D eigenvalue weighted by Crippen LogP contribution is 2.08. The molecule has 1 aliphatic rings. The van der Waals surface area contributed by atoms with E-state index in [-0.39, 0.29) is 11.8 Å². The summed E-state index contributed by atoms with van der Waals surface area (Å²) >= 11 is 0. The number of nitrogens with one attached hydrogen (secondary N) is 1. The van der Waals surface area contributed by atoms with Crippen molar-refractivity contribution in [1.82, 2.24) is 10.2 Å². The number of nitrogens with zero attached hydrogens (tertiary/aromatic N) is 1. The van der Waals surface area contributed by atoms with Crippen molar-refractivity contribution in [2.45, 2.75) is 19.4 Å². The van der Waals surface area contributed by atoms with Crippen molar-refractivity contribution in [3.05, 3.63) is 35.6 Å². The van der Waals surface area contributed by atoms with Crippen molar-refractivity contribution in [3.8, 4) is 0 Å². The zero-order valence-electron chi connectivity index (χ0n) is 9.08. The summed E-state index contributed by atoms with van der Waals surface area (Å²) in [5, 5.41) is 2.82. The van der Waals surface area contributed by atoms with Crippen LogP contribution in [0.25, 0.3) is 0 Å². The Morgan fingerprint density at radius 1 is 1.25 bits per heavy atom. The van der Waals surface area contributed by atoms with E-state index in [2.05, 4.69) is 5.32 Å². The quantitative estimate of drug-likeness (QED) is 0.816. The molecule has 0 radical (unpaired) electrons. The summed E-state index contributed by atoms with van der Waals surface area (Å²) in [6.45, 7) is 2.14. The number of hydrogen-bond donors (Lipinski definition) is 1. The molecule has 0 atom stereocenters. The van der Waals surface area contributed by atoms with Gasteiger partial charge in [0.1, 0.15) is 5.82 Å². The molecule has 16 heavy (non-hydrogen) atoms. The molecule has 1 saturated heterocycles. The fraction of sp³-hybridized carbons (Fsp3) is 0.417. The highest BCUT2D eigenvalue weighted by Gasteiger charge is 2.16. The monoisotopic (exact) mass is 222 g/mol. The zero-order valence-corrected chi connectivity index (χ0v) is 9.08. The third-order valence-corrected chi connectivity index (χ3v) is 2.75. The molecule has 1 heterocycles. The molecular weight excluding hydrogens is 207 g/mol. The Labute approximate surface area is 94.3 Å². The summed E-state index contributed by atoms with van der Waals surface area (Å²) in [5.41, 5.74) is 0.911. The van der Waals surface area contributed by atoms with Crippen LogP contribution in [0, 0.1) is 5.82 Å². The number of hydrogen-bond acceptors (Lipinski definition) is 1. The smallest absolute Gasteiger partial charge is 0.317 e. The number of halogens is 1. The van der Waals surface area contributed by atoms with Gasteiger partial charge in [0.15, 0.2) is 0 Å². The summed E-state index contributed by atoms with van der Waals surface area (Å²) in [6.07, 6.45) is 2.17. The standard InChI is InChI=1S/C12H15FN2O/c13-11-5-3-10(4-6-11)9-14-12(16)15-7-1-2-8-15/h3-6H,1-2,7-9H2,(H,14,16). The minimum atomic E-state index is -0.255. The maximum Gasteiger partial charge on any atom is 0.317 e. The molecule has 1 aromatic carbocycles. The Kier molecular flexibility index (Phi) is 3.39. The van der Waals surface area contributed by atoms with E-state index in [4.69, 9.17) is 0 Å². The van der Waals surface area contributed by atoms with Crippen molar-refractivity contribution < 1.29 is 9.18 Å². The molecule has 0 bridgehead atoms. The molecule has 2 rings (SSSR count). The number of urea groups is 1. The maximum atomic E-state index is 12.6. The first-order chi connectivity index (χ1) is 7.75. The van der Waals surface area contributed by atoms with Crippen LogP contribution in [0.2, 0.25) is 0 Å². The summed E-state index contributed by atoms with van der Waals surface area (Å²) in [7, 11) is 0. The molecule has 3 nitrogen and oxygen atoms in total. The van der Waals surface area contributed by atoms with E-state index in [1.165, 1.54) is 12.1 Å². The first kappa shape index (κ1) is 10.9. The third-order valence-electron chi connectivity index (χ3n) is 2.75. The number of likely N-dealkylation sites (tertiary alicyclic amines) is 1. The summed E-state index contributed by atoms with van der Waals surface area (Å²) in [4.78, 5) is 13.4. The van der Waals surface area contributed by atoms with Crippen LogP contribution in [0.5, 0.6) is 0 Å². The summed E-state index contributed by atoms with van der Waals surface area (Å²) in [6, 6.07) is 6.13. The van der Waals surface area contributed by atoms with Crippen LogP contribution in [0.4, 0.5) is 9.18 Å². The second kappa shape index (κ2) is 4.96. The van der Waals surface area contributed by atoms with Gasteiger partial charge in [-0.3, -0.25) is 0 Å². The van der Waals surface area contributed by atoms with Crippen LogP contribution >= 0.6 is 0 Å². The first-order valence-electron chi connectivity index (χ1n) is 5.53. The first-order valence-corrected chi connectivity index (χ1v) is 5.53. The number of rotatable bonds is 2. The highest BCUT2D eigenvalue weighted by molar-refractivity contribution is 5.74. The third kappa shape index (κ3) is 2.72. The normalized spacial score (nSPS) is 15.2. The average molecular weight is 222 g/mol. The molecular formula is C12H15FN2O. The van der Waals surface area contributed by atoms with Gasteiger partial charge in [-0.2, -0.15) is 0 Å². The lowest BCUT2D eigenvalue weighted by atomic mass is 10.2. The average Bonchev–Trinajstić information content (AvgIpc) is 2.81. The van der Waals surface area contributed by atoms with Gasteiger partial charge >= 0.3 is 6.03 Å². The predicted molar refractivity (Wildman–Crippen MR) is 59.4 cm³/mol. The molecule has 0 aliphatic carbocycles. The van der Waals surface area contributed by atoms with E-state index in [0.29, 0.717) is 6.54 Å². The van der Waals surface area contributed by atoms with Gasteiger partial charge in [-0.25, -0.2) is 9.18 Å². The van der Waals surface area contributed by atoms with Gasteiger partial charge in [-0.05, 0) is 30.5 Å². The fourth-order valence-electron chi connectivity index (χ4n) is 1.81. The SMILES string of the molecule is O=C(NCc1ccc(F)cc1)N1CCCC1. The highest BCUT2D eigenvalue weighted by atomic mass is 19.1. The van der Waals surface area contributed by atoms with Crippen molar-refractivity contribution >= 4 is 6.03 Å². The Hall–Kier alpha value is -1.58. The van der Waals surface area contributed by atoms with Gasteiger partial charge in [0.25, 0.3) is 0 Å². The van der Waals surface area contributed by atoms with Crippen LogP contribution < -0.4 is 5.32 Å². The Morgan fingerprint density at radius 2 is 1.88 bits per heavy atom. The molecule has 1 aliphatic heterocycles. The molecule has 1 aromatic rings. The summed E-state index contributed by atoms with van der Waals surface area (Å²) in [5.74, 6) is -0.255. The Bertz CT molecular complexity index is 358. The van der Waals surface area contributed by atoms with E-state index >= 15 is 0 Å². The lowest BCUT2D eigenvalue weighted by Gasteiger charge is -2.16. The van der Waals surface area contributed by atoms with Crippen molar-refractivity contribution in [2.24, 2.45) is 0 Å². The molecule has 1 fully saturated rings. The Balaban J connectivity index is 1.82. The zero-order chi connectivity index (χ0) is 11.4. The molecule has 4 heteroatoms. The molecule has 0 unspecified atom stereocenters. The van der Waals surface area contributed by atoms with Gasteiger partial charge in [0.05, 0.1) is 0 Å². The van der Waals surface area contributed by atoms with E-state index in [1.54, 1.807) is 12.1 Å². The second-order valence-electron chi connectivity index (χ2n) is 3.98. The lowest BCUT2D eigenvalue weighted by molar-refractivity contribution is 0.208. The van der Waals surface area contributed by atoms with E-state index in [1.807, 2.05) is 4.90 Å². The van der Waals surface area contributed by atoms with Crippen LogP contribution in [0.1, 0.15) is 18.4 Å². The lowest BCUT2D eigenvalue weighted by Crippen LogP contribution is -2.37. The van der Waals surface area contributed by atoms with Crippen molar-refractivity contribution in [3.63, 3.8) is 0 Å². The number of benzene rings is 1. The van der Waals surface area contributed by atoms with Crippen molar-refractivity contribution in [2.75, 3.05) is 13.1 Å². The topological polar surface area (TPSA) is 32.3 Å². The molecule has 86 valence electrons. The summed E-state index contributed by atoms with van der Waals surface area (Å²) < 4.78 is 12.6. The largest absolute Gasteiger partial charge is 0.334 e. The van der Waals surface area contributed by atoms with Gasteiger partial charge in [-0.1, -0.05) is 12.1 Å². The van der Waals surface area contributed by atoms with E-state index in [0.717, 1.165) is 31.5 Å². The van der Waals surface area contributed by atoms with Crippen molar-refractivity contribution in [1.29, 1.82) is 0 Å². The minimum Gasteiger partial charge on any atom is -0.334 e. The molecule has 0 aromatic heterocycles. The number of carbonyl (C=O) groups is 1. The fourth-order valence-corrected chi connectivity index (χ4v) is 1.81. The van der Waals surface area contributed by atoms with Crippen LogP contribution in [-0.4, -0.2) is 24.0 Å². The van der Waals surface area contributed by atoms with Gasteiger partial charge in [-0.15, -0.1) is 0 Å². The maximum absolute atomic E-state index is 12.6. The number of carbonyl (C=O) groups excluding carboxylic acids is 1. The van der Waals surface area contributed by atoms with Gasteiger partial charge in [0, 0.05) is 19.6 Å². The van der Waals surface area contributed by atoms with Gasteiger partial charge < -0.3 is 10.2 Å². The number of amides is 2. The molecule has 1 N–H and O–H groups in total. The molecule has 0 spiro atoms. The minimum absolute atomic E-state index is 0.0261. The van der Waals surface area contributed by atoms with E-state index in [9.17, 15) is 9.18 Å². The second-order valence-corrected chi connectivity index (χ2v) is 3.98. The molecule has 0 saturated carbocycles. The van der Waals surface area contributed by atoms with Crippen LogP contribution in [-0.2, 0) is 6.54 Å². The van der Waals surface area contributed by atoms with E-state index < -0.39 is 0 Å². The Morgan fingerprint density at radius 3 is 2.50 bits per heavy atom. The van der Waals surface area contributed by atoms with Crippen LogP contribution in [0.15, 0.2) is 24.3 Å². The molecule has 2 amide bonds. The predicted octanol–water partition coefficient (Wildman–Crippen LogP) is 2.13.